The summed E-state index contributed by atoms with van der Waals surface area (Å²) in [5.41, 5.74) is 7.37. The third-order valence-electron chi connectivity index (χ3n) is 6.34. The second-order valence-corrected chi connectivity index (χ2v) is 9.24. The molecule has 0 saturated carbocycles. The van der Waals surface area contributed by atoms with Crippen LogP contribution in [0.15, 0.2) is 36.4 Å². The summed E-state index contributed by atoms with van der Waals surface area (Å²) >= 11 is 6.06. The molecule has 1 aliphatic rings. The molecule has 1 saturated heterocycles. The first-order chi connectivity index (χ1) is 16.7. The molecule has 198 valence electrons. The number of likely N-dealkylation sites (tertiary alicyclic amines) is 1. The van der Waals surface area contributed by atoms with Gasteiger partial charge in [0.15, 0.2) is 0 Å². The number of carbonyl (C=O) groups is 2. The van der Waals surface area contributed by atoms with E-state index in [2.05, 4.69) is 15.5 Å². The molecule has 2 amide bonds. The highest BCUT2D eigenvalue weighted by atomic mass is 35.5. The number of benzene rings is 2. The highest BCUT2D eigenvalue weighted by molar-refractivity contribution is 6.33. The molecule has 0 radical (unpaired) electrons. The number of halogens is 3. The zero-order valence-electron chi connectivity index (χ0n) is 20.1. The number of hydrogen-bond acceptors (Lipinski definition) is 5. The van der Waals surface area contributed by atoms with Gasteiger partial charge in [0, 0.05) is 25.2 Å². The Morgan fingerprint density at radius 1 is 1.25 bits per heavy atom. The van der Waals surface area contributed by atoms with Crippen molar-refractivity contribution in [3.05, 3.63) is 58.4 Å². The van der Waals surface area contributed by atoms with E-state index in [1.54, 1.807) is 12.1 Å². The minimum Gasteiger partial charge on any atom is -0.496 e. The Morgan fingerprint density at radius 3 is 2.53 bits per heavy atom. The van der Waals surface area contributed by atoms with E-state index in [1.165, 1.54) is 31.4 Å². The van der Waals surface area contributed by atoms with Gasteiger partial charge in [-0.05, 0) is 68.5 Å². The Kier molecular flexibility index (Phi) is 11.6. The lowest BCUT2D eigenvalue weighted by molar-refractivity contribution is 0.0932. The van der Waals surface area contributed by atoms with Gasteiger partial charge >= 0.3 is 6.09 Å². The standard InChI is InChI=1S/C25H32ClFN4O4.ClH/c1-35-23-14-22(28)21(26)13-20(23)24(32)29-15-17-6-9-31(10-7-17)11-8-19(30-25(33)34)12-16-2-4-18(27)5-3-16;/h2-5,13-14,17,19,30H,6-12,15,28H2,1H3,(H,29,32)(H,33,34);1H. The maximum Gasteiger partial charge on any atom is 0.404 e. The van der Waals surface area contributed by atoms with Gasteiger partial charge in [-0.1, -0.05) is 23.7 Å². The molecule has 2 aromatic carbocycles. The average molecular weight is 543 g/mol. The molecule has 0 aromatic heterocycles. The number of methoxy groups -OCH3 is 1. The normalized spacial score (nSPS) is 15.0. The SMILES string of the molecule is COc1cc(N)c(Cl)cc1C(=O)NCC1CCN(CCC(Cc2ccc(F)cc2)NC(=O)O)CC1.Cl. The molecule has 36 heavy (non-hydrogen) atoms. The molecule has 2 aromatic rings. The van der Waals surface area contributed by atoms with Crippen LogP contribution in [0.2, 0.25) is 5.02 Å². The van der Waals surface area contributed by atoms with E-state index in [1.807, 2.05) is 0 Å². The summed E-state index contributed by atoms with van der Waals surface area (Å²) in [4.78, 5) is 26.2. The van der Waals surface area contributed by atoms with Gasteiger partial charge in [-0.15, -0.1) is 12.4 Å². The predicted octanol–water partition coefficient (Wildman–Crippen LogP) is 4.20. The van der Waals surface area contributed by atoms with Gasteiger partial charge in [-0.25, -0.2) is 9.18 Å². The first kappa shape index (κ1) is 29.5. The largest absolute Gasteiger partial charge is 0.496 e. The van der Waals surface area contributed by atoms with Crippen molar-refractivity contribution in [1.82, 2.24) is 15.5 Å². The molecule has 1 unspecified atom stereocenters. The van der Waals surface area contributed by atoms with Gasteiger partial charge in [-0.3, -0.25) is 4.79 Å². The number of carbonyl (C=O) groups excluding carboxylic acids is 1. The van der Waals surface area contributed by atoms with Crippen LogP contribution in [0.3, 0.4) is 0 Å². The number of ether oxygens (including phenoxy) is 1. The first-order valence-corrected chi connectivity index (χ1v) is 12.0. The molecule has 5 N–H and O–H groups in total. The van der Waals surface area contributed by atoms with Crippen molar-refractivity contribution in [2.24, 2.45) is 5.92 Å². The molecular formula is C25H33Cl2FN4O4. The number of amides is 2. The molecule has 1 atom stereocenters. The van der Waals surface area contributed by atoms with Gasteiger partial charge in [-0.2, -0.15) is 0 Å². The van der Waals surface area contributed by atoms with Crippen molar-refractivity contribution in [3.8, 4) is 5.75 Å². The first-order valence-electron chi connectivity index (χ1n) is 11.6. The van der Waals surface area contributed by atoms with Gasteiger partial charge < -0.3 is 31.1 Å². The molecule has 3 rings (SSSR count). The number of hydrogen-bond donors (Lipinski definition) is 4. The molecule has 1 aliphatic heterocycles. The Morgan fingerprint density at radius 2 is 1.92 bits per heavy atom. The minimum atomic E-state index is -1.06. The molecule has 0 bridgehead atoms. The third kappa shape index (κ3) is 8.72. The molecule has 1 fully saturated rings. The maximum atomic E-state index is 13.2. The lowest BCUT2D eigenvalue weighted by atomic mass is 9.96. The zero-order chi connectivity index (χ0) is 25.4. The molecule has 1 heterocycles. The Bertz CT molecular complexity index is 1020. The van der Waals surface area contributed by atoms with Gasteiger partial charge in [0.2, 0.25) is 0 Å². The maximum absolute atomic E-state index is 13.2. The van der Waals surface area contributed by atoms with Crippen molar-refractivity contribution < 1.29 is 23.8 Å². The van der Waals surface area contributed by atoms with Crippen molar-refractivity contribution in [1.29, 1.82) is 0 Å². The lowest BCUT2D eigenvalue weighted by Gasteiger charge is -2.33. The molecule has 0 aliphatic carbocycles. The summed E-state index contributed by atoms with van der Waals surface area (Å²) in [6.45, 7) is 3.04. The number of piperidine rings is 1. The number of nitrogen functional groups attached to an aromatic ring is 1. The second kappa shape index (κ2) is 14.1. The predicted molar refractivity (Wildman–Crippen MR) is 141 cm³/mol. The zero-order valence-corrected chi connectivity index (χ0v) is 21.7. The van der Waals surface area contributed by atoms with Crippen LogP contribution in [-0.2, 0) is 6.42 Å². The fourth-order valence-corrected chi connectivity index (χ4v) is 4.47. The Labute approximate surface area is 221 Å². The minimum absolute atomic E-state index is 0. The monoisotopic (exact) mass is 542 g/mol. The van der Waals surface area contributed by atoms with Crippen molar-refractivity contribution in [2.75, 3.05) is 39.0 Å². The summed E-state index contributed by atoms with van der Waals surface area (Å²) in [6, 6.07) is 8.93. The lowest BCUT2D eigenvalue weighted by Crippen LogP contribution is -2.42. The van der Waals surface area contributed by atoms with Crippen LogP contribution in [0.25, 0.3) is 0 Å². The summed E-state index contributed by atoms with van der Waals surface area (Å²) in [5, 5.41) is 15.0. The number of nitrogens with two attached hydrogens (primary N) is 1. The summed E-state index contributed by atoms with van der Waals surface area (Å²) in [5.74, 6) is 0.156. The van der Waals surface area contributed by atoms with Crippen molar-refractivity contribution in [2.45, 2.75) is 31.7 Å². The van der Waals surface area contributed by atoms with Gasteiger partial charge in [0.1, 0.15) is 11.6 Å². The second-order valence-electron chi connectivity index (χ2n) is 8.83. The number of anilines is 1. The number of carboxylic acid groups (broad SMARTS) is 1. The molecule has 11 heteroatoms. The van der Waals surface area contributed by atoms with Crippen LogP contribution in [0.5, 0.6) is 5.75 Å². The van der Waals surface area contributed by atoms with E-state index in [9.17, 15) is 19.1 Å². The quantitative estimate of drug-likeness (QED) is 0.334. The molecular weight excluding hydrogens is 510 g/mol. The van der Waals surface area contributed by atoms with Crippen LogP contribution >= 0.6 is 24.0 Å². The molecule has 8 nitrogen and oxygen atoms in total. The average Bonchev–Trinajstić information content (AvgIpc) is 2.84. The van der Waals surface area contributed by atoms with Gasteiger partial charge in [0.05, 0.1) is 23.4 Å². The topological polar surface area (TPSA) is 117 Å². The summed E-state index contributed by atoms with van der Waals surface area (Å²) < 4.78 is 18.4. The highest BCUT2D eigenvalue weighted by Gasteiger charge is 2.22. The summed E-state index contributed by atoms with van der Waals surface area (Å²) in [6.07, 6.45) is 1.95. The molecule has 0 spiro atoms. The van der Waals surface area contributed by atoms with E-state index in [0.717, 1.165) is 38.0 Å². The van der Waals surface area contributed by atoms with E-state index in [0.29, 0.717) is 47.3 Å². The number of rotatable bonds is 10. The van der Waals surface area contributed by atoms with Crippen LogP contribution in [-0.4, -0.2) is 61.3 Å². The van der Waals surface area contributed by atoms with E-state index in [-0.39, 0.29) is 30.2 Å². The van der Waals surface area contributed by atoms with Crippen molar-refractivity contribution in [3.63, 3.8) is 0 Å². The number of nitrogens with zero attached hydrogens (tertiary/aromatic N) is 1. The Hall–Kier alpha value is -2.75. The summed E-state index contributed by atoms with van der Waals surface area (Å²) in [7, 11) is 1.48. The van der Waals surface area contributed by atoms with Crippen LogP contribution in [0.1, 0.15) is 35.2 Å². The van der Waals surface area contributed by atoms with Gasteiger partial charge in [0.25, 0.3) is 5.91 Å². The van der Waals surface area contributed by atoms with E-state index >= 15 is 0 Å². The third-order valence-corrected chi connectivity index (χ3v) is 6.67. The Balaban J connectivity index is 0.00000456. The fraction of sp³-hybridized carbons (Fsp3) is 0.440. The smallest absolute Gasteiger partial charge is 0.404 e. The number of nitrogens with one attached hydrogen (secondary N) is 2. The van der Waals surface area contributed by atoms with Crippen LogP contribution in [0.4, 0.5) is 14.9 Å². The highest BCUT2D eigenvalue weighted by Crippen LogP contribution is 2.29. The van der Waals surface area contributed by atoms with Crippen molar-refractivity contribution >= 4 is 41.7 Å². The fourth-order valence-electron chi connectivity index (χ4n) is 4.31. The van der Waals surface area contributed by atoms with E-state index < -0.39 is 6.09 Å². The van der Waals surface area contributed by atoms with E-state index in [4.69, 9.17) is 22.1 Å². The van der Waals surface area contributed by atoms with Crippen LogP contribution in [0, 0.1) is 11.7 Å². The van der Waals surface area contributed by atoms with Crippen LogP contribution < -0.4 is 21.1 Å².